The van der Waals surface area contributed by atoms with Crippen LogP contribution in [0.5, 0.6) is 5.75 Å². The molecule has 0 aliphatic carbocycles. The van der Waals surface area contributed by atoms with E-state index in [-0.39, 0.29) is 17.2 Å². The van der Waals surface area contributed by atoms with Crippen LogP contribution >= 0.6 is 0 Å². The molecule has 4 aromatic rings. The maximum Gasteiger partial charge on any atom is 0.256 e. The number of nitrogens with one attached hydrogen (secondary N) is 2. The van der Waals surface area contributed by atoms with Crippen molar-refractivity contribution in [3.05, 3.63) is 124 Å². The molecular formula is C33H32N4O3. The Morgan fingerprint density at radius 2 is 1.57 bits per heavy atom. The van der Waals surface area contributed by atoms with Crippen LogP contribution in [0.4, 0.5) is 11.4 Å². The zero-order chi connectivity index (χ0) is 28.3. The van der Waals surface area contributed by atoms with Crippen molar-refractivity contribution in [2.45, 2.75) is 39.3 Å². The Morgan fingerprint density at radius 3 is 2.35 bits per heavy atom. The molecule has 0 saturated carbocycles. The van der Waals surface area contributed by atoms with Crippen LogP contribution in [0.25, 0.3) is 0 Å². The molecule has 0 spiro atoms. The molecule has 0 bridgehead atoms. The van der Waals surface area contributed by atoms with E-state index in [0.29, 0.717) is 47.2 Å². The Balaban J connectivity index is 1.44. The summed E-state index contributed by atoms with van der Waals surface area (Å²) in [6, 6.07) is 27.9. The second-order valence-corrected chi connectivity index (χ2v) is 10.8. The number of fused-ring (bicyclic) bond motifs is 1. The van der Waals surface area contributed by atoms with Crippen LogP contribution in [0.15, 0.2) is 96.0 Å². The molecule has 40 heavy (non-hydrogen) atoms. The number of carbonyl (C=O) groups excluding carboxylic acids is 2. The first-order chi connectivity index (χ1) is 19.2. The monoisotopic (exact) mass is 532 g/mol. The number of aliphatic imine (C=N–C) groups is 1. The van der Waals surface area contributed by atoms with Crippen molar-refractivity contribution >= 4 is 29.0 Å². The van der Waals surface area contributed by atoms with Crippen LogP contribution in [-0.2, 0) is 18.6 Å². The predicted molar refractivity (Wildman–Crippen MR) is 159 cm³/mol. The largest absolute Gasteiger partial charge is 0.489 e. The van der Waals surface area contributed by atoms with Crippen molar-refractivity contribution in [1.82, 2.24) is 0 Å². The van der Waals surface area contributed by atoms with Crippen molar-refractivity contribution in [2.24, 2.45) is 10.7 Å². The van der Waals surface area contributed by atoms with E-state index < -0.39 is 0 Å². The van der Waals surface area contributed by atoms with Gasteiger partial charge in [-0.05, 0) is 52.4 Å². The van der Waals surface area contributed by atoms with Gasteiger partial charge in [0.25, 0.3) is 11.8 Å². The van der Waals surface area contributed by atoms with Gasteiger partial charge in [-0.15, -0.1) is 0 Å². The number of ether oxygens (including phenoxy) is 1. The highest BCUT2D eigenvalue weighted by Gasteiger charge is 2.23. The average molecular weight is 533 g/mol. The molecule has 1 aliphatic rings. The number of amides is 2. The Morgan fingerprint density at radius 1 is 0.850 bits per heavy atom. The van der Waals surface area contributed by atoms with E-state index in [0.717, 1.165) is 22.3 Å². The number of nitrogens with two attached hydrogens (primary N) is 1. The first-order valence-electron chi connectivity index (χ1n) is 13.2. The van der Waals surface area contributed by atoms with Crippen LogP contribution in [0.2, 0.25) is 0 Å². The fourth-order valence-corrected chi connectivity index (χ4v) is 4.64. The third kappa shape index (κ3) is 5.89. The summed E-state index contributed by atoms with van der Waals surface area (Å²) >= 11 is 0. The fourth-order valence-electron chi connectivity index (χ4n) is 4.64. The molecule has 1 aliphatic heterocycles. The van der Waals surface area contributed by atoms with Crippen LogP contribution in [0, 0.1) is 0 Å². The minimum absolute atomic E-state index is 0.232. The van der Waals surface area contributed by atoms with Crippen molar-refractivity contribution in [3.63, 3.8) is 0 Å². The summed E-state index contributed by atoms with van der Waals surface area (Å²) in [5, 5.41) is 5.96. The van der Waals surface area contributed by atoms with Gasteiger partial charge in [0, 0.05) is 22.8 Å². The van der Waals surface area contributed by atoms with E-state index in [1.54, 1.807) is 36.4 Å². The quantitative estimate of drug-likeness (QED) is 0.260. The van der Waals surface area contributed by atoms with E-state index in [1.165, 1.54) is 0 Å². The number of rotatable bonds is 7. The van der Waals surface area contributed by atoms with Gasteiger partial charge in [0.2, 0.25) is 0 Å². The van der Waals surface area contributed by atoms with Gasteiger partial charge >= 0.3 is 0 Å². The Bertz CT molecular complexity index is 1600. The zero-order valence-electron chi connectivity index (χ0n) is 22.8. The molecule has 2 amide bonds. The molecule has 0 atom stereocenters. The summed E-state index contributed by atoms with van der Waals surface area (Å²) in [5.74, 6) is 0.381. The number of benzene rings is 4. The van der Waals surface area contributed by atoms with Gasteiger partial charge in [0.15, 0.2) is 0 Å². The maximum atomic E-state index is 13.6. The SMILES string of the molecule is CC(C)(C)c1ccccc1C(=O)Nc1cc(OCc2ccccc2)ccc1NC(=O)c1ccc2c(c1)C(N)=NC2. The van der Waals surface area contributed by atoms with Gasteiger partial charge in [-0.1, -0.05) is 75.4 Å². The minimum atomic E-state index is -0.328. The first-order valence-corrected chi connectivity index (χ1v) is 13.2. The number of carbonyl (C=O) groups is 2. The molecule has 202 valence electrons. The minimum Gasteiger partial charge on any atom is -0.489 e. The lowest BCUT2D eigenvalue weighted by atomic mass is 9.83. The van der Waals surface area contributed by atoms with Crippen LogP contribution in [-0.4, -0.2) is 17.6 Å². The molecule has 0 unspecified atom stereocenters. The highest BCUT2D eigenvalue weighted by molar-refractivity contribution is 6.11. The number of nitrogens with zero attached hydrogens (tertiary/aromatic N) is 1. The molecule has 0 saturated heterocycles. The topological polar surface area (TPSA) is 106 Å². The van der Waals surface area contributed by atoms with Gasteiger partial charge in [-0.25, -0.2) is 0 Å². The number of anilines is 2. The molecule has 5 rings (SSSR count). The van der Waals surface area contributed by atoms with Crippen molar-refractivity contribution < 1.29 is 14.3 Å². The van der Waals surface area contributed by atoms with Crippen molar-refractivity contribution in [2.75, 3.05) is 10.6 Å². The number of hydrogen-bond acceptors (Lipinski definition) is 5. The van der Waals surface area contributed by atoms with Gasteiger partial charge < -0.3 is 21.1 Å². The Labute approximate surface area is 234 Å². The summed E-state index contributed by atoms with van der Waals surface area (Å²) in [5.41, 5.74) is 11.3. The van der Waals surface area contributed by atoms with Crippen LogP contribution in [0.1, 0.15) is 63.7 Å². The lowest BCUT2D eigenvalue weighted by Gasteiger charge is -2.23. The standard InChI is InChI=1S/C33H32N4O3/c1-33(2,3)27-12-8-7-11-25(27)32(39)37-29-18-24(40-20-21-9-5-4-6-10-21)15-16-28(29)36-31(38)22-13-14-23-19-35-30(34)26(23)17-22/h4-18H,19-20H2,1-3H3,(H2,34,35)(H,36,38)(H,37,39). The van der Waals surface area contributed by atoms with Crippen LogP contribution < -0.4 is 21.1 Å². The lowest BCUT2D eigenvalue weighted by Crippen LogP contribution is -2.22. The summed E-state index contributed by atoms with van der Waals surface area (Å²) in [4.78, 5) is 31.1. The normalized spacial score (nSPS) is 12.3. The molecular weight excluding hydrogens is 500 g/mol. The fraction of sp³-hybridized carbons (Fsp3) is 0.182. The Hall–Kier alpha value is -4.91. The van der Waals surface area contributed by atoms with E-state index in [9.17, 15) is 9.59 Å². The summed E-state index contributed by atoms with van der Waals surface area (Å²) in [6.07, 6.45) is 0. The second kappa shape index (κ2) is 11.1. The third-order valence-corrected chi connectivity index (χ3v) is 6.78. The molecule has 0 fully saturated rings. The molecule has 0 radical (unpaired) electrons. The first kappa shape index (κ1) is 26.7. The molecule has 1 heterocycles. The molecule has 7 heteroatoms. The van der Waals surface area contributed by atoms with Gasteiger partial charge in [0.05, 0.1) is 17.9 Å². The van der Waals surface area contributed by atoms with E-state index >= 15 is 0 Å². The zero-order valence-corrected chi connectivity index (χ0v) is 22.8. The second-order valence-electron chi connectivity index (χ2n) is 10.8. The number of amidine groups is 1. The van der Waals surface area contributed by atoms with E-state index in [2.05, 4.69) is 36.4 Å². The van der Waals surface area contributed by atoms with Crippen molar-refractivity contribution in [3.8, 4) is 5.75 Å². The predicted octanol–water partition coefficient (Wildman–Crippen LogP) is 6.29. The van der Waals surface area contributed by atoms with E-state index in [4.69, 9.17) is 10.5 Å². The maximum absolute atomic E-state index is 13.6. The number of hydrogen-bond donors (Lipinski definition) is 3. The van der Waals surface area contributed by atoms with Gasteiger partial charge in [0.1, 0.15) is 18.2 Å². The lowest BCUT2D eigenvalue weighted by molar-refractivity contribution is 0.101. The summed E-state index contributed by atoms with van der Waals surface area (Å²) in [6.45, 7) is 7.08. The van der Waals surface area contributed by atoms with Crippen LogP contribution in [0.3, 0.4) is 0 Å². The smallest absolute Gasteiger partial charge is 0.256 e. The van der Waals surface area contributed by atoms with Gasteiger partial charge in [-0.3, -0.25) is 14.6 Å². The highest BCUT2D eigenvalue weighted by atomic mass is 16.5. The Kier molecular flexibility index (Phi) is 7.38. The summed E-state index contributed by atoms with van der Waals surface area (Å²) < 4.78 is 6.01. The molecule has 0 aromatic heterocycles. The third-order valence-electron chi connectivity index (χ3n) is 6.78. The summed E-state index contributed by atoms with van der Waals surface area (Å²) in [7, 11) is 0. The molecule has 4 N–H and O–H groups in total. The van der Waals surface area contributed by atoms with Gasteiger partial charge in [-0.2, -0.15) is 0 Å². The highest BCUT2D eigenvalue weighted by Crippen LogP contribution is 2.31. The molecule has 7 nitrogen and oxygen atoms in total. The van der Waals surface area contributed by atoms with Crippen molar-refractivity contribution in [1.29, 1.82) is 0 Å². The molecule has 4 aromatic carbocycles. The average Bonchev–Trinajstić information content (AvgIpc) is 3.33. The van der Waals surface area contributed by atoms with E-state index in [1.807, 2.05) is 54.6 Å².